The fraction of sp³-hybridized carbons (Fsp3) is 0.222. The van der Waals surface area contributed by atoms with Crippen LogP contribution < -0.4 is 5.32 Å². The highest BCUT2D eigenvalue weighted by molar-refractivity contribution is 5.78. The summed E-state index contributed by atoms with van der Waals surface area (Å²) in [4.78, 5) is 16.7. The molecule has 23 heavy (non-hydrogen) atoms. The fourth-order valence-electron chi connectivity index (χ4n) is 2.62. The number of aliphatic hydroxyl groups excluding tert-OH is 1. The second-order valence-electron chi connectivity index (χ2n) is 5.42. The summed E-state index contributed by atoms with van der Waals surface area (Å²) in [5.41, 5.74) is 2.54. The lowest BCUT2D eigenvalue weighted by atomic mass is 10.0. The number of amides is 1. The van der Waals surface area contributed by atoms with Crippen molar-refractivity contribution in [3.05, 3.63) is 72.2 Å². The Morgan fingerprint density at radius 3 is 2.70 bits per heavy atom. The molecule has 3 rings (SSSR count). The summed E-state index contributed by atoms with van der Waals surface area (Å²) in [6, 6.07) is 15.2. The third-order valence-electron chi connectivity index (χ3n) is 3.71. The third-order valence-corrected chi connectivity index (χ3v) is 3.71. The molecule has 0 saturated carbocycles. The molecule has 2 N–H and O–H groups in total. The summed E-state index contributed by atoms with van der Waals surface area (Å²) < 4.78 is 1.89. The summed E-state index contributed by atoms with van der Waals surface area (Å²) in [5, 5.41) is 12.2. The van der Waals surface area contributed by atoms with E-state index in [1.807, 2.05) is 65.3 Å². The van der Waals surface area contributed by atoms with Crippen molar-refractivity contribution in [3.63, 3.8) is 0 Å². The molecule has 118 valence electrons. The lowest BCUT2D eigenvalue weighted by molar-refractivity contribution is -0.121. The third kappa shape index (κ3) is 3.76. The van der Waals surface area contributed by atoms with Gasteiger partial charge in [-0.05, 0) is 24.1 Å². The van der Waals surface area contributed by atoms with Crippen LogP contribution in [0, 0.1) is 0 Å². The van der Waals surface area contributed by atoms with Gasteiger partial charge in [-0.2, -0.15) is 0 Å². The molecular weight excluding hydrogens is 290 g/mol. The van der Waals surface area contributed by atoms with Crippen LogP contribution in [0.25, 0.3) is 5.65 Å². The molecule has 0 fully saturated rings. The molecule has 0 radical (unpaired) electrons. The van der Waals surface area contributed by atoms with Crippen LogP contribution in [-0.4, -0.2) is 27.0 Å². The highest BCUT2D eigenvalue weighted by atomic mass is 16.3. The highest BCUT2D eigenvalue weighted by Crippen LogP contribution is 2.16. The van der Waals surface area contributed by atoms with Gasteiger partial charge < -0.3 is 14.8 Å². The van der Waals surface area contributed by atoms with Gasteiger partial charge in [-0.25, -0.2) is 4.98 Å². The van der Waals surface area contributed by atoms with Gasteiger partial charge in [-0.3, -0.25) is 4.79 Å². The predicted octanol–water partition coefficient (Wildman–Crippen LogP) is 2.12. The molecule has 1 aromatic carbocycles. The molecule has 1 atom stereocenters. The minimum absolute atomic E-state index is 0.0220. The topological polar surface area (TPSA) is 66.6 Å². The van der Waals surface area contributed by atoms with Crippen LogP contribution in [0.1, 0.15) is 23.7 Å². The number of aliphatic hydroxyl groups is 1. The maximum absolute atomic E-state index is 12.3. The van der Waals surface area contributed by atoms with E-state index >= 15 is 0 Å². The average molecular weight is 309 g/mol. The lowest BCUT2D eigenvalue weighted by Gasteiger charge is -2.18. The van der Waals surface area contributed by atoms with Gasteiger partial charge in [0.25, 0.3) is 0 Å². The summed E-state index contributed by atoms with van der Waals surface area (Å²) in [5.74, 6) is -0.101. The number of carbonyl (C=O) groups is 1. The number of nitrogens with zero attached hydrogens (tertiary/aromatic N) is 2. The Hall–Kier alpha value is -2.66. The first kappa shape index (κ1) is 15.2. The number of pyridine rings is 1. The normalized spacial score (nSPS) is 12.2. The van der Waals surface area contributed by atoms with Crippen LogP contribution in [0.15, 0.2) is 60.9 Å². The Balaban J connectivity index is 1.69. The van der Waals surface area contributed by atoms with E-state index in [0.717, 1.165) is 16.9 Å². The van der Waals surface area contributed by atoms with E-state index in [-0.39, 0.29) is 25.0 Å². The molecule has 1 amide bonds. The van der Waals surface area contributed by atoms with Crippen molar-refractivity contribution in [1.29, 1.82) is 0 Å². The van der Waals surface area contributed by atoms with Gasteiger partial charge in [0.1, 0.15) is 5.65 Å². The molecule has 2 aromatic heterocycles. The Bertz CT molecular complexity index is 750. The number of carbonyl (C=O) groups excluding carboxylic acids is 1. The number of nitrogens with one attached hydrogen (secondary N) is 1. The van der Waals surface area contributed by atoms with Crippen LogP contribution in [0.4, 0.5) is 0 Å². The standard InChI is InChI=1S/C18H19N3O2/c22-11-9-16(14-6-2-1-3-7-14)20-18(23)12-15-13-21-10-5-4-8-17(21)19-15/h1-8,10,13,16,22H,9,11-12H2,(H,20,23). The van der Waals surface area contributed by atoms with Gasteiger partial charge in [0.05, 0.1) is 18.2 Å². The van der Waals surface area contributed by atoms with Crippen molar-refractivity contribution in [1.82, 2.24) is 14.7 Å². The number of hydrogen-bond acceptors (Lipinski definition) is 3. The van der Waals surface area contributed by atoms with E-state index in [1.165, 1.54) is 0 Å². The largest absolute Gasteiger partial charge is 0.396 e. The summed E-state index contributed by atoms with van der Waals surface area (Å²) >= 11 is 0. The van der Waals surface area contributed by atoms with Crippen molar-refractivity contribution in [3.8, 4) is 0 Å². The Morgan fingerprint density at radius 1 is 1.17 bits per heavy atom. The van der Waals surface area contributed by atoms with Crippen molar-refractivity contribution in [2.24, 2.45) is 0 Å². The number of benzene rings is 1. The Morgan fingerprint density at radius 2 is 1.96 bits per heavy atom. The zero-order chi connectivity index (χ0) is 16.1. The molecule has 2 heterocycles. The number of aromatic nitrogens is 2. The summed E-state index contributed by atoms with van der Waals surface area (Å²) in [7, 11) is 0. The van der Waals surface area contributed by atoms with Gasteiger partial charge in [-0.1, -0.05) is 36.4 Å². The quantitative estimate of drug-likeness (QED) is 0.733. The van der Waals surface area contributed by atoms with Crippen molar-refractivity contribution in [2.75, 3.05) is 6.61 Å². The molecule has 0 saturated heterocycles. The Kier molecular flexibility index (Phi) is 4.68. The SMILES string of the molecule is O=C(Cc1cn2ccccc2n1)NC(CCO)c1ccccc1. The first-order valence-electron chi connectivity index (χ1n) is 7.64. The zero-order valence-corrected chi connectivity index (χ0v) is 12.7. The van der Waals surface area contributed by atoms with Gasteiger partial charge in [0.15, 0.2) is 0 Å². The monoisotopic (exact) mass is 309 g/mol. The number of rotatable bonds is 6. The highest BCUT2D eigenvalue weighted by Gasteiger charge is 2.15. The zero-order valence-electron chi connectivity index (χ0n) is 12.7. The van der Waals surface area contributed by atoms with Gasteiger partial charge in [0.2, 0.25) is 5.91 Å². The van der Waals surface area contributed by atoms with E-state index in [9.17, 15) is 9.90 Å². The lowest BCUT2D eigenvalue weighted by Crippen LogP contribution is -2.30. The van der Waals surface area contributed by atoms with Gasteiger partial charge in [-0.15, -0.1) is 0 Å². The van der Waals surface area contributed by atoms with E-state index in [4.69, 9.17) is 0 Å². The molecule has 0 spiro atoms. The van der Waals surface area contributed by atoms with Crippen molar-refractivity contribution >= 4 is 11.6 Å². The van der Waals surface area contributed by atoms with Crippen molar-refractivity contribution in [2.45, 2.75) is 18.9 Å². The molecular formula is C18H19N3O2. The van der Waals surface area contributed by atoms with Crippen LogP contribution in [0.3, 0.4) is 0 Å². The van der Waals surface area contributed by atoms with Crippen LogP contribution in [-0.2, 0) is 11.2 Å². The molecule has 3 aromatic rings. The first-order valence-corrected chi connectivity index (χ1v) is 7.64. The molecule has 0 bridgehead atoms. The van der Waals surface area contributed by atoms with Gasteiger partial charge >= 0.3 is 0 Å². The summed E-state index contributed by atoms with van der Waals surface area (Å²) in [6.07, 6.45) is 4.47. The molecule has 0 aliphatic heterocycles. The summed E-state index contributed by atoms with van der Waals surface area (Å²) in [6.45, 7) is 0.0220. The van der Waals surface area contributed by atoms with Crippen LogP contribution in [0.2, 0.25) is 0 Å². The van der Waals surface area contributed by atoms with E-state index in [1.54, 1.807) is 0 Å². The fourth-order valence-corrected chi connectivity index (χ4v) is 2.62. The molecule has 1 unspecified atom stereocenters. The number of imidazole rings is 1. The van der Waals surface area contributed by atoms with Crippen LogP contribution >= 0.6 is 0 Å². The minimum atomic E-state index is -0.189. The first-order chi connectivity index (χ1) is 11.3. The maximum Gasteiger partial charge on any atom is 0.226 e. The minimum Gasteiger partial charge on any atom is -0.396 e. The smallest absolute Gasteiger partial charge is 0.226 e. The second kappa shape index (κ2) is 7.07. The molecule has 5 nitrogen and oxygen atoms in total. The second-order valence-corrected chi connectivity index (χ2v) is 5.42. The maximum atomic E-state index is 12.3. The number of fused-ring (bicyclic) bond motifs is 1. The molecule has 5 heteroatoms. The van der Waals surface area contributed by atoms with E-state index in [2.05, 4.69) is 10.3 Å². The predicted molar refractivity (Wildman–Crippen MR) is 87.9 cm³/mol. The molecule has 0 aliphatic carbocycles. The van der Waals surface area contributed by atoms with Crippen molar-refractivity contribution < 1.29 is 9.90 Å². The van der Waals surface area contributed by atoms with Gasteiger partial charge in [0, 0.05) is 19.0 Å². The number of hydrogen-bond donors (Lipinski definition) is 2. The Labute approximate surface area is 134 Å². The average Bonchev–Trinajstić information content (AvgIpc) is 2.97. The van der Waals surface area contributed by atoms with E-state index < -0.39 is 0 Å². The van der Waals surface area contributed by atoms with Crippen LogP contribution in [0.5, 0.6) is 0 Å². The molecule has 0 aliphatic rings. The van der Waals surface area contributed by atoms with E-state index in [0.29, 0.717) is 6.42 Å².